The molecule has 0 bridgehead atoms. The average Bonchev–Trinajstić information content (AvgIpc) is 2.92. The Bertz CT molecular complexity index is 1490. The van der Waals surface area contributed by atoms with Gasteiger partial charge in [-0.1, -0.05) is 60.7 Å². The second-order valence-corrected chi connectivity index (χ2v) is 8.98. The molecule has 0 aliphatic heterocycles. The van der Waals surface area contributed by atoms with Gasteiger partial charge in [-0.2, -0.15) is 0 Å². The van der Waals surface area contributed by atoms with Gasteiger partial charge in [0, 0.05) is 6.21 Å². The zero-order chi connectivity index (χ0) is 24.7. The summed E-state index contributed by atoms with van der Waals surface area (Å²) in [4.78, 5) is 4.60. The van der Waals surface area contributed by atoms with Crippen molar-refractivity contribution in [2.75, 3.05) is 7.11 Å². The van der Waals surface area contributed by atoms with Crippen LogP contribution in [0, 0.1) is 0 Å². The first-order valence-corrected chi connectivity index (χ1v) is 12.3. The molecular formula is C31H24BrNO3. The summed E-state index contributed by atoms with van der Waals surface area (Å²) < 4.78 is 18.5. The summed E-state index contributed by atoms with van der Waals surface area (Å²) in [5, 5.41) is 2.37. The number of hydrogen-bond acceptors (Lipinski definition) is 4. The van der Waals surface area contributed by atoms with Gasteiger partial charge in [-0.05, 0) is 86.4 Å². The molecule has 0 aromatic heterocycles. The number of halogens is 1. The van der Waals surface area contributed by atoms with E-state index < -0.39 is 0 Å². The minimum Gasteiger partial charge on any atom is -0.493 e. The monoisotopic (exact) mass is 537 g/mol. The van der Waals surface area contributed by atoms with Crippen LogP contribution in [-0.4, -0.2) is 13.3 Å². The van der Waals surface area contributed by atoms with Crippen molar-refractivity contribution in [2.24, 2.45) is 4.99 Å². The van der Waals surface area contributed by atoms with Gasteiger partial charge in [0.1, 0.15) is 18.1 Å². The minimum absolute atomic E-state index is 0.432. The van der Waals surface area contributed by atoms with Crippen LogP contribution in [0.1, 0.15) is 11.1 Å². The van der Waals surface area contributed by atoms with Gasteiger partial charge in [0.15, 0.2) is 11.5 Å². The quantitative estimate of drug-likeness (QED) is 0.186. The molecule has 5 heteroatoms. The molecule has 178 valence electrons. The van der Waals surface area contributed by atoms with Gasteiger partial charge in [-0.15, -0.1) is 0 Å². The molecule has 5 aromatic rings. The molecule has 0 spiro atoms. The Hall–Kier alpha value is -4.09. The lowest BCUT2D eigenvalue weighted by molar-refractivity contribution is 0.283. The lowest BCUT2D eigenvalue weighted by Crippen LogP contribution is -2.00. The first-order valence-electron chi connectivity index (χ1n) is 11.5. The maximum absolute atomic E-state index is 6.20. The molecule has 0 atom stereocenters. The van der Waals surface area contributed by atoms with Crippen LogP contribution in [0.15, 0.2) is 119 Å². The molecule has 0 aliphatic carbocycles. The van der Waals surface area contributed by atoms with Crippen molar-refractivity contribution in [1.82, 2.24) is 0 Å². The number of methoxy groups -OCH3 is 1. The summed E-state index contributed by atoms with van der Waals surface area (Å²) in [6, 6.07) is 35.8. The number of ether oxygens (including phenoxy) is 3. The highest BCUT2D eigenvalue weighted by atomic mass is 79.9. The smallest absolute Gasteiger partial charge is 0.175 e. The van der Waals surface area contributed by atoms with Crippen molar-refractivity contribution in [2.45, 2.75) is 6.61 Å². The third-order valence-electron chi connectivity index (χ3n) is 5.68. The summed E-state index contributed by atoms with van der Waals surface area (Å²) in [5.41, 5.74) is 2.83. The van der Waals surface area contributed by atoms with E-state index in [2.05, 4.69) is 45.2 Å². The number of rotatable bonds is 8. The van der Waals surface area contributed by atoms with E-state index in [-0.39, 0.29) is 0 Å². The zero-order valence-electron chi connectivity index (χ0n) is 19.7. The topological polar surface area (TPSA) is 40.0 Å². The number of fused-ring (bicyclic) bond motifs is 1. The van der Waals surface area contributed by atoms with Crippen molar-refractivity contribution in [1.29, 1.82) is 0 Å². The number of hydrogen-bond donors (Lipinski definition) is 0. The Balaban J connectivity index is 1.29. The van der Waals surface area contributed by atoms with E-state index in [1.165, 1.54) is 10.8 Å². The van der Waals surface area contributed by atoms with E-state index in [4.69, 9.17) is 14.2 Å². The lowest BCUT2D eigenvalue weighted by Gasteiger charge is -2.14. The van der Waals surface area contributed by atoms with E-state index in [1.807, 2.05) is 84.9 Å². The molecule has 4 nitrogen and oxygen atoms in total. The molecule has 0 radical (unpaired) electrons. The Morgan fingerprint density at radius 3 is 2.31 bits per heavy atom. The molecule has 5 aromatic carbocycles. The predicted octanol–water partition coefficient (Wildman–Crippen LogP) is 8.73. The van der Waals surface area contributed by atoms with Gasteiger partial charge >= 0.3 is 0 Å². The Labute approximate surface area is 218 Å². The Morgan fingerprint density at radius 2 is 1.50 bits per heavy atom. The van der Waals surface area contributed by atoms with Gasteiger partial charge in [-0.3, -0.25) is 4.99 Å². The molecule has 5 rings (SSSR count). The van der Waals surface area contributed by atoms with Crippen molar-refractivity contribution in [3.05, 3.63) is 125 Å². The fraction of sp³-hybridized carbons (Fsp3) is 0.0645. The van der Waals surface area contributed by atoms with Crippen molar-refractivity contribution in [3.63, 3.8) is 0 Å². The molecule has 0 N–H and O–H groups in total. The second kappa shape index (κ2) is 11.1. The van der Waals surface area contributed by atoms with Crippen molar-refractivity contribution >= 4 is 38.6 Å². The predicted molar refractivity (Wildman–Crippen MR) is 149 cm³/mol. The first-order chi connectivity index (χ1) is 17.7. The van der Waals surface area contributed by atoms with Crippen molar-refractivity contribution < 1.29 is 14.2 Å². The third-order valence-corrected chi connectivity index (χ3v) is 6.27. The highest BCUT2D eigenvalue weighted by Gasteiger charge is 2.12. The van der Waals surface area contributed by atoms with Crippen molar-refractivity contribution in [3.8, 4) is 23.0 Å². The number of nitrogens with zero attached hydrogens (tertiary/aromatic N) is 1. The Morgan fingerprint density at radius 1 is 0.778 bits per heavy atom. The zero-order valence-corrected chi connectivity index (χ0v) is 21.3. The van der Waals surface area contributed by atoms with Crippen LogP contribution in [0.2, 0.25) is 0 Å². The van der Waals surface area contributed by atoms with Gasteiger partial charge < -0.3 is 14.2 Å². The molecule has 0 amide bonds. The van der Waals surface area contributed by atoms with E-state index >= 15 is 0 Å². The summed E-state index contributed by atoms with van der Waals surface area (Å²) in [7, 11) is 1.64. The summed E-state index contributed by atoms with van der Waals surface area (Å²) in [6.07, 6.45) is 1.80. The largest absolute Gasteiger partial charge is 0.493 e. The fourth-order valence-corrected chi connectivity index (χ4v) is 4.47. The van der Waals surface area contributed by atoms with Crippen LogP contribution >= 0.6 is 15.9 Å². The maximum Gasteiger partial charge on any atom is 0.175 e. The first kappa shape index (κ1) is 23.6. The minimum atomic E-state index is 0.432. The molecular weight excluding hydrogens is 514 g/mol. The van der Waals surface area contributed by atoms with Crippen LogP contribution in [0.3, 0.4) is 0 Å². The van der Waals surface area contributed by atoms with E-state index in [9.17, 15) is 0 Å². The number of benzene rings is 5. The standard InChI is InChI=1S/C31H24BrNO3/c1-34-30-19-22(20-33-25-14-16-27(17-15-25)36-26-11-3-2-4-12-26)18-29(32)31(30)35-21-24-10-7-9-23-8-5-6-13-28(23)24/h2-20H,21H2,1H3. The maximum atomic E-state index is 6.20. The fourth-order valence-electron chi connectivity index (χ4n) is 3.90. The molecule has 0 unspecified atom stereocenters. The van der Waals surface area contributed by atoms with Crippen LogP contribution in [0.25, 0.3) is 10.8 Å². The molecule has 0 heterocycles. The van der Waals surface area contributed by atoms with Gasteiger partial charge in [0.2, 0.25) is 0 Å². The highest BCUT2D eigenvalue weighted by Crippen LogP contribution is 2.37. The van der Waals surface area contributed by atoms with Crippen LogP contribution in [0.5, 0.6) is 23.0 Å². The number of aliphatic imine (C=N–C) groups is 1. The lowest BCUT2D eigenvalue weighted by atomic mass is 10.1. The molecule has 36 heavy (non-hydrogen) atoms. The SMILES string of the molecule is COc1cc(C=Nc2ccc(Oc3ccccc3)cc2)cc(Br)c1OCc1cccc2ccccc12. The molecule has 0 saturated carbocycles. The highest BCUT2D eigenvalue weighted by molar-refractivity contribution is 9.10. The van der Waals surface area contributed by atoms with E-state index in [0.29, 0.717) is 18.1 Å². The van der Waals surface area contributed by atoms with Gasteiger partial charge in [0.25, 0.3) is 0 Å². The van der Waals surface area contributed by atoms with Gasteiger partial charge in [0.05, 0.1) is 17.3 Å². The summed E-state index contributed by atoms with van der Waals surface area (Å²) in [5.74, 6) is 2.85. The van der Waals surface area contributed by atoms with Gasteiger partial charge in [-0.25, -0.2) is 0 Å². The average molecular weight is 538 g/mol. The molecule has 0 saturated heterocycles. The molecule has 0 aliphatic rings. The Kier molecular flexibility index (Phi) is 7.29. The van der Waals surface area contributed by atoms with E-state index in [0.717, 1.165) is 32.8 Å². The van der Waals surface area contributed by atoms with Crippen LogP contribution < -0.4 is 14.2 Å². The van der Waals surface area contributed by atoms with Crippen LogP contribution in [-0.2, 0) is 6.61 Å². The van der Waals surface area contributed by atoms with Crippen LogP contribution in [0.4, 0.5) is 5.69 Å². The van der Waals surface area contributed by atoms with E-state index in [1.54, 1.807) is 13.3 Å². The number of para-hydroxylation sites is 1. The second-order valence-electron chi connectivity index (χ2n) is 8.13. The normalized spacial score (nSPS) is 11.1. The third kappa shape index (κ3) is 5.58. The summed E-state index contributed by atoms with van der Waals surface area (Å²) in [6.45, 7) is 0.432. The molecule has 0 fully saturated rings. The summed E-state index contributed by atoms with van der Waals surface area (Å²) >= 11 is 3.65.